The van der Waals surface area contributed by atoms with E-state index >= 15 is 0 Å². The lowest BCUT2D eigenvalue weighted by Gasteiger charge is -1.98. The van der Waals surface area contributed by atoms with E-state index in [0.29, 0.717) is 5.88 Å². The van der Waals surface area contributed by atoms with Gasteiger partial charge in [0.15, 0.2) is 0 Å². The number of hydrogen-bond acceptors (Lipinski definition) is 3. The second-order valence-corrected chi connectivity index (χ2v) is 2.55. The Labute approximate surface area is 74.1 Å². The average molecular weight is 187 g/mol. The first-order valence-corrected chi connectivity index (χ1v) is 3.77. The molecular weight excluding hydrogens is 180 g/mol. The minimum absolute atomic E-state index is 0.0798. The van der Waals surface area contributed by atoms with Crippen molar-refractivity contribution in [1.82, 2.24) is 0 Å². The zero-order chi connectivity index (χ0) is 9.14. The van der Waals surface area contributed by atoms with Gasteiger partial charge in [0.2, 0.25) is 0 Å². The van der Waals surface area contributed by atoms with Gasteiger partial charge in [0.25, 0.3) is 5.69 Å². The van der Waals surface area contributed by atoms with E-state index in [9.17, 15) is 10.1 Å². The summed E-state index contributed by atoms with van der Waals surface area (Å²) < 4.78 is 0. The Morgan fingerprint density at radius 1 is 1.58 bits per heavy atom. The number of nitro groups is 1. The van der Waals surface area contributed by atoms with Crippen LogP contribution in [0.15, 0.2) is 18.2 Å². The summed E-state index contributed by atoms with van der Waals surface area (Å²) in [6.45, 7) is 0. The number of rotatable bonds is 2. The molecule has 1 rings (SSSR count). The van der Waals surface area contributed by atoms with Crippen LogP contribution in [0.4, 0.5) is 11.4 Å². The van der Waals surface area contributed by atoms with Crippen molar-refractivity contribution >= 4 is 23.0 Å². The molecule has 2 N–H and O–H groups in total. The third kappa shape index (κ3) is 1.65. The molecule has 12 heavy (non-hydrogen) atoms. The molecule has 0 aliphatic carbocycles. The van der Waals surface area contributed by atoms with Crippen LogP contribution in [0.3, 0.4) is 0 Å². The molecule has 64 valence electrons. The second-order valence-electron chi connectivity index (χ2n) is 2.28. The van der Waals surface area contributed by atoms with Crippen molar-refractivity contribution < 1.29 is 4.92 Å². The zero-order valence-corrected chi connectivity index (χ0v) is 6.91. The monoisotopic (exact) mass is 186 g/mol. The fourth-order valence-corrected chi connectivity index (χ4v) is 1.02. The fraction of sp³-hybridized carbons (Fsp3) is 0.143. The van der Waals surface area contributed by atoms with Gasteiger partial charge in [0, 0.05) is 11.9 Å². The summed E-state index contributed by atoms with van der Waals surface area (Å²) in [6, 6.07) is 4.44. The summed E-state index contributed by atoms with van der Waals surface area (Å²) in [4.78, 5) is 9.79. The van der Waals surface area contributed by atoms with E-state index in [1.54, 1.807) is 6.07 Å². The van der Waals surface area contributed by atoms with Crippen LogP contribution in [0, 0.1) is 10.1 Å². The lowest BCUT2D eigenvalue weighted by Crippen LogP contribution is -1.95. The normalized spacial score (nSPS) is 9.75. The van der Waals surface area contributed by atoms with E-state index < -0.39 is 4.92 Å². The summed E-state index contributed by atoms with van der Waals surface area (Å²) in [5, 5.41) is 10.3. The van der Waals surface area contributed by atoms with Gasteiger partial charge in [0.05, 0.1) is 4.92 Å². The lowest BCUT2D eigenvalue weighted by atomic mass is 10.2. The Balaban J connectivity index is 3.12. The molecule has 0 unspecified atom stereocenters. The standard InChI is InChI=1S/C7H7ClN2O2/c8-4-5-1-2-7(10(11)12)6(9)3-5/h1-3H,4,9H2. The molecule has 0 amide bonds. The smallest absolute Gasteiger partial charge is 0.292 e. The number of anilines is 1. The Hall–Kier alpha value is -1.29. The van der Waals surface area contributed by atoms with Crippen molar-refractivity contribution in [1.29, 1.82) is 0 Å². The number of halogens is 1. The number of nitrogen functional groups attached to an aromatic ring is 1. The predicted molar refractivity (Wildman–Crippen MR) is 47.1 cm³/mol. The minimum atomic E-state index is -0.520. The number of nitrogens with two attached hydrogens (primary N) is 1. The Kier molecular flexibility index (Phi) is 2.50. The number of nitrogens with zero attached hydrogens (tertiary/aromatic N) is 1. The van der Waals surface area contributed by atoms with Crippen LogP contribution < -0.4 is 5.73 Å². The first-order chi connectivity index (χ1) is 5.65. The molecule has 0 spiro atoms. The highest BCUT2D eigenvalue weighted by atomic mass is 35.5. The molecule has 0 aliphatic heterocycles. The van der Waals surface area contributed by atoms with E-state index in [1.807, 2.05) is 0 Å². The molecule has 1 aromatic rings. The Bertz CT molecular complexity index is 314. The van der Waals surface area contributed by atoms with Crippen LogP contribution in [0.5, 0.6) is 0 Å². The highest BCUT2D eigenvalue weighted by Gasteiger charge is 2.09. The van der Waals surface area contributed by atoms with Gasteiger partial charge in [-0.25, -0.2) is 0 Å². The van der Waals surface area contributed by atoms with E-state index in [2.05, 4.69) is 0 Å². The van der Waals surface area contributed by atoms with Crippen molar-refractivity contribution in [2.24, 2.45) is 0 Å². The first-order valence-electron chi connectivity index (χ1n) is 3.24. The van der Waals surface area contributed by atoms with E-state index in [4.69, 9.17) is 17.3 Å². The molecule has 0 heterocycles. The van der Waals surface area contributed by atoms with Gasteiger partial charge in [-0.2, -0.15) is 0 Å². The molecule has 0 atom stereocenters. The van der Waals surface area contributed by atoms with Gasteiger partial charge < -0.3 is 5.73 Å². The average Bonchev–Trinajstić information content (AvgIpc) is 2.03. The van der Waals surface area contributed by atoms with Gasteiger partial charge >= 0.3 is 0 Å². The van der Waals surface area contributed by atoms with E-state index in [-0.39, 0.29) is 11.4 Å². The minimum Gasteiger partial charge on any atom is -0.393 e. The largest absolute Gasteiger partial charge is 0.393 e. The zero-order valence-electron chi connectivity index (χ0n) is 6.16. The maximum Gasteiger partial charge on any atom is 0.292 e. The van der Waals surface area contributed by atoms with Crippen molar-refractivity contribution in [2.45, 2.75) is 5.88 Å². The first kappa shape index (κ1) is 8.80. The molecule has 0 saturated carbocycles. The van der Waals surface area contributed by atoms with E-state index in [1.165, 1.54) is 12.1 Å². The predicted octanol–water partition coefficient (Wildman–Crippen LogP) is 1.92. The van der Waals surface area contributed by atoms with Crippen LogP contribution in [0.25, 0.3) is 0 Å². The topological polar surface area (TPSA) is 69.2 Å². The third-order valence-electron chi connectivity index (χ3n) is 1.44. The molecule has 0 fully saturated rings. The second kappa shape index (κ2) is 3.40. The summed E-state index contributed by atoms with van der Waals surface area (Å²) in [5.41, 5.74) is 6.25. The van der Waals surface area contributed by atoms with Gasteiger partial charge in [-0.1, -0.05) is 6.07 Å². The van der Waals surface area contributed by atoms with Crippen LogP contribution in [-0.2, 0) is 5.88 Å². The van der Waals surface area contributed by atoms with Crippen molar-refractivity contribution in [2.75, 3.05) is 5.73 Å². The quantitative estimate of drug-likeness (QED) is 0.332. The van der Waals surface area contributed by atoms with Crippen molar-refractivity contribution in [3.8, 4) is 0 Å². The highest BCUT2D eigenvalue weighted by Crippen LogP contribution is 2.22. The molecule has 0 radical (unpaired) electrons. The van der Waals surface area contributed by atoms with Gasteiger partial charge in [-0.05, 0) is 11.6 Å². The van der Waals surface area contributed by atoms with Crippen LogP contribution in [0.2, 0.25) is 0 Å². The molecule has 0 saturated heterocycles. The number of nitro benzene ring substituents is 1. The van der Waals surface area contributed by atoms with Crippen LogP contribution >= 0.6 is 11.6 Å². The Morgan fingerprint density at radius 3 is 2.67 bits per heavy atom. The lowest BCUT2D eigenvalue weighted by molar-refractivity contribution is -0.383. The molecule has 0 aromatic heterocycles. The van der Waals surface area contributed by atoms with Crippen LogP contribution in [0.1, 0.15) is 5.56 Å². The van der Waals surface area contributed by atoms with Crippen molar-refractivity contribution in [3.63, 3.8) is 0 Å². The summed E-state index contributed by atoms with van der Waals surface area (Å²) in [6.07, 6.45) is 0. The molecule has 4 nitrogen and oxygen atoms in total. The molecule has 1 aromatic carbocycles. The van der Waals surface area contributed by atoms with Gasteiger partial charge in [-0.3, -0.25) is 10.1 Å². The number of benzene rings is 1. The molecule has 0 aliphatic rings. The fourth-order valence-electron chi connectivity index (χ4n) is 0.853. The maximum absolute atomic E-state index is 10.3. The van der Waals surface area contributed by atoms with Crippen molar-refractivity contribution in [3.05, 3.63) is 33.9 Å². The molecule has 5 heteroatoms. The van der Waals surface area contributed by atoms with Gasteiger partial charge in [-0.15, -0.1) is 11.6 Å². The molecular formula is C7H7ClN2O2. The third-order valence-corrected chi connectivity index (χ3v) is 1.75. The number of alkyl halides is 1. The molecule has 0 bridgehead atoms. The highest BCUT2D eigenvalue weighted by molar-refractivity contribution is 6.17. The van der Waals surface area contributed by atoms with Gasteiger partial charge in [0.1, 0.15) is 5.69 Å². The SMILES string of the molecule is Nc1cc(CCl)ccc1[N+](=O)[O-]. The summed E-state index contributed by atoms with van der Waals surface area (Å²) in [7, 11) is 0. The number of hydrogen-bond donors (Lipinski definition) is 1. The summed E-state index contributed by atoms with van der Waals surface area (Å²) >= 11 is 5.51. The Morgan fingerprint density at radius 2 is 2.25 bits per heavy atom. The maximum atomic E-state index is 10.3. The van der Waals surface area contributed by atoms with E-state index in [0.717, 1.165) is 5.56 Å². The summed E-state index contributed by atoms with van der Waals surface area (Å²) in [5.74, 6) is 0.308. The van der Waals surface area contributed by atoms with Crippen LogP contribution in [-0.4, -0.2) is 4.92 Å².